The van der Waals surface area contributed by atoms with Gasteiger partial charge in [-0.15, -0.1) is 13.2 Å². The van der Waals surface area contributed by atoms with Gasteiger partial charge in [0.25, 0.3) is 12.0 Å². The maximum atomic E-state index is 12.4. The molecule has 0 aliphatic carbocycles. The molecule has 1 heterocycles. The van der Waals surface area contributed by atoms with E-state index in [1.54, 1.807) is 4.98 Å². The highest BCUT2D eigenvalue weighted by Crippen LogP contribution is 2.28. The number of hydrogen-bond donors (Lipinski definition) is 1. The summed E-state index contributed by atoms with van der Waals surface area (Å²) in [5.41, 5.74) is -3.83. The van der Waals surface area contributed by atoms with Gasteiger partial charge in [-0.2, -0.15) is 0 Å². The number of ether oxygens (including phenoxy) is 1. The van der Waals surface area contributed by atoms with Crippen molar-refractivity contribution in [1.29, 1.82) is 0 Å². The number of carbonyl (C=O) groups is 1. The molecule has 4 nitrogen and oxygen atoms in total. The summed E-state index contributed by atoms with van der Waals surface area (Å²) in [7, 11) is 0. The summed E-state index contributed by atoms with van der Waals surface area (Å²) in [6, 6.07) is 0. The Hall–Kier alpha value is -1.93. The Morgan fingerprint density at radius 2 is 1.94 bits per heavy atom. The first-order valence-electron chi connectivity index (χ1n) is 4.01. The Balaban J connectivity index is 3.39. The van der Waals surface area contributed by atoms with Gasteiger partial charge in [0.05, 0.1) is 11.1 Å². The summed E-state index contributed by atoms with van der Waals surface area (Å²) in [6.07, 6.45) is -8.45. The summed E-state index contributed by atoms with van der Waals surface area (Å²) in [6.45, 7) is 0. The molecule has 0 saturated heterocycles. The van der Waals surface area contributed by atoms with Crippen LogP contribution in [0.25, 0.3) is 0 Å². The van der Waals surface area contributed by atoms with E-state index in [1.165, 1.54) is 0 Å². The molecule has 0 unspecified atom stereocenters. The van der Waals surface area contributed by atoms with Gasteiger partial charge in [0.1, 0.15) is 0 Å². The summed E-state index contributed by atoms with van der Waals surface area (Å²) in [5.74, 6) is -1.18. The highest BCUT2D eigenvalue weighted by atomic mass is 19.4. The quantitative estimate of drug-likeness (QED) is 0.665. The average molecular weight is 257 g/mol. The molecule has 1 N–H and O–H groups in total. The van der Waals surface area contributed by atoms with Gasteiger partial charge < -0.3 is 9.72 Å². The number of aldehydes is 1. The van der Waals surface area contributed by atoms with Gasteiger partial charge in [-0.1, -0.05) is 0 Å². The van der Waals surface area contributed by atoms with Crippen LogP contribution in [-0.2, 0) is 0 Å². The van der Waals surface area contributed by atoms with Gasteiger partial charge in [-0.05, 0) is 0 Å². The molecule has 0 radical (unpaired) electrons. The van der Waals surface area contributed by atoms with E-state index in [-0.39, 0.29) is 6.29 Å². The number of hydrogen-bond acceptors (Lipinski definition) is 3. The van der Waals surface area contributed by atoms with Crippen LogP contribution in [0, 0.1) is 0 Å². The molecule has 0 atom stereocenters. The smallest absolute Gasteiger partial charge is 0.403 e. The average Bonchev–Trinajstić information content (AvgIpc) is 2.17. The molecular formula is C8H4F5NO3. The van der Waals surface area contributed by atoms with Crippen molar-refractivity contribution in [2.24, 2.45) is 0 Å². The van der Waals surface area contributed by atoms with Crippen molar-refractivity contribution in [3.63, 3.8) is 0 Å². The molecule has 0 amide bonds. The number of carbonyl (C=O) groups excluding carboxylic acids is 1. The van der Waals surface area contributed by atoms with Crippen molar-refractivity contribution >= 4 is 6.29 Å². The number of alkyl halides is 5. The normalized spacial score (nSPS) is 11.6. The van der Waals surface area contributed by atoms with E-state index >= 15 is 0 Å². The third-order valence-electron chi connectivity index (χ3n) is 1.70. The number of rotatable bonds is 3. The second-order valence-corrected chi connectivity index (χ2v) is 2.78. The van der Waals surface area contributed by atoms with Gasteiger partial charge in [0.2, 0.25) is 0 Å². The summed E-state index contributed by atoms with van der Waals surface area (Å²) < 4.78 is 63.7. The van der Waals surface area contributed by atoms with E-state index in [0.29, 0.717) is 6.20 Å². The van der Waals surface area contributed by atoms with Crippen LogP contribution in [0.1, 0.15) is 22.3 Å². The zero-order chi connectivity index (χ0) is 13.2. The van der Waals surface area contributed by atoms with Crippen LogP contribution in [0.3, 0.4) is 0 Å². The third kappa shape index (κ3) is 3.02. The topological polar surface area (TPSA) is 59.2 Å². The van der Waals surface area contributed by atoms with Crippen LogP contribution >= 0.6 is 0 Å². The molecule has 1 aromatic heterocycles. The monoisotopic (exact) mass is 257 g/mol. The van der Waals surface area contributed by atoms with Crippen LogP contribution < -0.4 is 10.3 Å². The summed E-state index contributed by atoms with van der Waals surface area (Å²) in [4.78, 5) is 23.0. The van der Waals surface area contributed by atoms with Crippen molar-refractivity contribution in [2.75, 3.05) is 0 Å². The highest BCUT2D eigenvalue weighted by molar-refractivity contribution is 5.81. The van der Waals surface area contributed by atoms with Gasteiger partial charge >= 0.3 is 6.36 Å². The Morgan fingerprint density at radius 3 is 2.35 bits per heavy atom. The predicted octanol–water partition coefficient (Wildman–Crippen LogP) is 2.02. The molecule has 1 rings (SSSR count). The lowest BCUT2D eigenvalue weighted by Crippen LogP contribution is -2.22. The standard InChI is InChI=1S/C8H4F5NO3/c9-6(10)5-3(2-15)4(1-14-7(5)16)17-8(11,12)13/h1-2,6H,(H,14,16). The lowest BCUT2D eigenvalue weighted by Gasteiger charge is -2.12. The fourth-order valence-corrected chi connectivity index (χ4v) is 1.09. The molecule has 1 aromatic rings. The second-order valence-electron chi connectivity index (χ2n) is 2.78. The first kappa shape index (κ1) is 13.1. The number of H-pyrrole nitrogens is 1. The zero-order valence-corrected chi connectivity index (χ0v) is 7.85. The Morgan fingerprint density at radius 1 is 1.35 bits per heavy atom. The molecule has 9 heteroatoms. The maximum Gasteiger partial charge on any atom is 0.573 e. The van der Waals surface area contributed by atoms with Gasteiger partial charge in [0.15, 0.2) is 12.0 Å². The highest BCUT2D eigenvalue weighted by Gasteiger charge is 2.33. The van der Waals surface area contributed by atoms with E-state index < -0.39 is 35.2 Å². The van der Waals surface area contributed by atoms with Crippen LogP contribution in [0.4, 0.5) is 22.0 Å². The minimum Gasteiger partial charge on any atom is -0.403 e. The molecule has 0 bridgehead atoms. The molecule has 0 aromatic carbocycles. The predicted molar refractivity (Wildman–Crippen MR) is 44.1 cm³/mol. The molecule has 0 aliphatic heterocycles. The van der Waals surface area contributed by atoms with Gasteiger partial charge in [-0.25, -0.2) is 8.78 Å². The Bertz CT molecular complexity index is 479. The number of pyridine rings is 1. The molecule has 0 aliphatic rings. The summed E-state index contributed by atoms with van der Waals surface area (Å²) >= 11 is 0. The van der Waals surface area contributed by atoms with Crippen LogP contribution in [0.5, 0.6) is 5.75 Å². The zero-order valence-electron chi connectivity index (χ0n) is 7.85. The van der Waals surface area contributed by atoms with Crippen molar-refractivity contribution < 1.29 is 31.5 Å². The largest absolute Gasteiger partial charge is 0.573 e. The number of halogens is 5. The van der Waals surface area contributed by atoms with E-state index in [2.05, 4.69) is 4.74 Å². The molecule has 94 valence electrons. The van der Waals surface area contributed by atoms with Crippen molar-refractivity contribution in [2.45, 2.75) is 12.8 Å². The lowest BCUT2D eigenvalue weighted by molar-refractivity contribution is -0.274. The molecule has 17 heavy (non-hydrogen) atoms. The van der Waals surface area contributed by atoms with E-state index in [4.69, 9.17) is 0 Å². The maximum absolute atomic E-state index is 12.4. The minimum atomic E-state index is -5.16. The fraction of sp³-hybridized carbons (Fsp3) is 0.250. The van der Waals surface area contributed by atoms with Gasteiger partial charge in [0, 0.05) is 6.20 Å². The van der Waals surface area contributed by atoms with E-state index in [0.717, 1.165) is 0 Å². The van der Waals surface area contributed by atoms with Crippen LogP contribution in [0.15, 0.2) is 11.0 Å². The second kappa shape index (κ2) is 4.52. The number of nitrogens with one attached hydrogen (secondary N) is 1. The number of aromatic amines is 1. The van der Waals surface area contributed by atoms with Crippen LogP contribution in [0.2, 0.25) is 0 Å². The Labute approximate surface area is 90.0 Å². The summed E-state index contributed by atoms with van der Waals surface area (Å²) in [5, 5.41) is 0. The molecule has 0 saturated carbocycles. The minimum absolute atomic E-state index is 0.294. The molecule has 0 fully saturated rings. The van der Waals surface area contributed by atoms with Gasteiger partial charge in [-0.3, -0.25) is 9.59 Å². The molecule has 0 spiro atoms. The lowest BCUT2D eigenvalue weighted by atomic mass is 10.1. The molecular weight excluding hydrogens is 253 g/mol. The van der Waals surface area contributed by atoms with Crippen molar-refractivity contribution in [1.82, 2.24) is 4.98 Å². The first-order valence-corrected chi connectivity index (χ1v) is 4.01. The van der Waals surface area contributed by atoms with Crippen molar-refractivity contribution in [3.05, 3.63) is 27.7 Å². The number of aromatic nitrogens is 1. The Kier molecular flexibility index (Phi) is 3.49. The SMILES string of the molecule is O=Cc1c(OC(F)(F)F)c[nH]c(=O)c1C(F)F. The van der Waals surface area contributed by atoms with Crippen molar-refractivity contribution in [3.8, 4) is 5.75 Å². The van der Waals surface area contributed by atoms with Crippen LogP contribution in [-0.4, -0.2) is 17.6 Å². The van der Waals surface area contributed by atoms with E-state index in [9.17, 15) is 31.5 Å². The first-order chi connectivity index (χ1) is 7.76. The third-order valence-corrected chi connectivity index (χ3v) is 1.70. The van der Waals surface area contributed by atoms with E-state index in [1.807, 2.05) is 0 Å². The fourth-order valence-electron chi connectivity index (χ4n) is 1.09.